The number of piperidine rings is 1. The van der Waals surface area contributed by atoms with E-state index in [0.717, 1.165) is 38.9 Å². The highest BCUT2D eigenvalue weighted by atomic mass is 16.5. The minimum Gasteiger partial charge on any atom is -0.365 e. The van der Waals surface area contributed by atoms with E-state index in [4.69, 9.17) is 4.74 Å². The summed E-state index contributed by atoms with van der Waals surface area (Å²) in [6.07, 6.45) is 2.97. The number of hydrogen-bond donors (Lipinski definition) is 0. The second-order valence-corrected chi connectivity index (χ2v) is 9.55. The van der Waals surface area contributed by atoms with Crippen LogP contribution in [0.4, 0.5) is 0 Å². The van der Waals surface area contributed by atoms with Gasteiger partial charge in [0.25, 0.3) is 5.56 Å². The van der Waals surface area contributed by atoms with Crippen molar-refractivity contribution < 1.29 is 4.74 Å². The molecule has 0 aliphatic carbocycles. The molecular formula is C30H33N3O3. The highest BCUT2D eigenvalue weighted by Crippen LogP contribution is 2.30. The quantitative estimate of drug-likeness (QED) is 0.374. The summed E-state index contributed by atoms with van der Waals surface area (Å²) in [5.74, 6) is 0. The van der Waals surface area contributed by atoms with Crippen molar-refractivity contribution in [3.05, 3.63) is 117 Å². The Labute approximate surface area is 211 Å². The molecule has 0 amide bonds. The summed E-state index contributed by atoms with van der Waals surface area (Å²) < 4.78 is 9.61. The van der Waals surface area contributed by atoms with Crippen LogP contribution in [0.15, 0.2) is 94.5 Å². The fourth-order valence-corrected chi connectivity index (χ4v) is 5.18. The van der Waals surface area contributed by atoms with Crippen LogP contribution in [0.3, 0.4) is 0 Å². The van der Waals surface area contributed by atoms with E-state index >= 15 is 0 Å². The first-order valence-electron chi connectivity index (χ1n) is 12.8. The molecule has 0 radical (unpaired) electrons. The first-order valence-corrected chi connectivity index (χ1v) is 12.8. The van der Waals surface area contributed by atoms with Gasteiger partial charge < -0.3 is 9.64 Å². The molecule has 1 fully saturated rings. The average molecular weight is 484 g/mol. The summed E-state index contributed by atoms with van der Waals surface area (Å²) >= 11 is 0. The first-order chi connectivity index (χ1) is 17.6. The Morgan fingerprint density at radius 3 is 2.03 bits per heavy atom. The molecule has 1 aliphatic heterocycles. The third kappa shape index (κ3) is 5.20. The molecule has 0 bridgehead atoms. The maximum absolute atomic E-state index is 12.8. The molecule has 6 heteroatoms. The zero-order valence-corrected chi connectivity index (χ0v) is 20.8. The van der Waals surface area contributed by atoms with Gasteiger partial charge in [-0.15, -0.1) is 0 Å². The van der Waals surface area contributed by atoms with Gasteiger partial charge in [0, 0.05) is 26.7 Å². The molecule has 2 heterocycles. The van der Waals surface area contributed by atoms with Crippen LogP contribution < -0.4 is 11.2 Å². The van der Waals surface area contributed by atoms with Gasteiger partial charge in [-0.25, -0.2) is 4.79 Å². The molecule has 36 heavy (non-hydrogen) atoms. The highest BCUT2D eigenvalue weighted by molar-refractivity contribution is 5.77. The Morgan fingerprint density at radius 2 is 1.39 bits per heavy atom. The van der Waals surface area contributed by atoms with Crippen molar-refractivity contribution in [1.29, 1.82) is 0 Å². The summed E-state index contributed by atoms with van der Waals surface area (Å²) in [7, 11) is 1.55. The minimum atomic E-state index is -0.251. The molecule has 0 spiro atoms. The lowest BCUT2D eigenvalue weighted by atomic mass is 10.00. The normalized spacial score (nSPS) is 15.1. The van der Waals surface area contributed by atoms with Crippen molar-refractivity contribution in [2.24, 2.45) is 7.05 Å². The van der Waals surface area contributed by atoms with Crippen molar-refractivity contribution >= 4 is 10.9 Å². The fourth-order valence-electron chi connectivity index (χ4n) is 5.18. The molecule has 3 aromatic carbocycles. The Balaban J connectivity index is 1.19. The van der Waals surface area contributed by atoms with Crippen LogP contribution in [0.1, 0.15) is 36.5 Å². The Kier molecular flexibility index (Phi) is 7.44. The zero-order chi connectivity index (χ0) is 24.9. The monoisotopic (exact) mass is 483 g/mol. The number of benzene rings is 3. The largest absolute Gasteiger partial charge is 0.365 e. The van der Waals surface area contributed by atoms with Crippen molar-refractivity contribution in [2.45, 2.75) is 38.0 Å². The number of nitrogens with zero attached hydrogens (tertiary/aromatic N) is 3. The van der Waals surface area contributed by atoms with E-state index in [2.05, 4.69) is 53.4 Å². The van der Waals surface area contributed by atoms with Gasteiger partial charge in [0.2, 0.25) is 0 Å². The molecule has 0 saturated carbocycles. The van der Waals surface area contributed by atoms with E-state index in [9.17, 15) is 9.59 Å². The topological polar surface area (TPSA) is 56.5 Å². The summed E-state index contributed by atoms with van der Waals surface area (Å²) in [4.78, 5) is 27.7. The van der Waals surface area contributed by atoms with Gasteiger partial charge in [-0.3, -0.25) is 13.9 Å². The predicted molar refractivity (Wildman–Crippen MR) is 143 cm³/mol. The molecule has 1 aliphatic rings. The molecule has 5 rings (SSSR count). The first kappa shape index (κ1) is 24.2. The van der Waals surface area contributed by atoms with Crippen molar-refractivity contribution in [1.82, 2.24) is 14.0 Å². The number of ether oxygens (including phenoxy) is 1. The van der Waals surface area contributed by atoms with Gasteiger partial charge >= 0.3 is 5.69 Å². The molecule has 1 saturated heterocycles. The lowest BCUT2D eigenvalue weighted by molar-refractivity contribution is -0.0271. The smallest absolute Gasteiger partial charge is 0.331 e. The van der Waals surface area contributed by atoms with E-state index in [-0.39, 0.29) is 23.5 Å². The minimum absolute atomic E-state index is 0.0613. The molecular weight excluding hydrogens is 450 g/mol. The van der Waals surface area contributed by atoms with Crippen LogP contribution in [-0.2, 0) is 18.3 Å². The van der Waals surface area contributed by atoms with Gasteiger partial charge in [-0.1, -0.05) is 72.8 Å². The van der Waals surface area contributed by atoms with Gasteiger partial charge in [0.15, 0.2) is 0 Å². The molecule has 0 unspecified atom stereocenters. The standard InChI is InChI=1S/C30H33N3O3/c1-31-29(34)26-15-8-9-16-27(26)33(30(31)35)20-10-19-32-21-17-25(18-22-32)36-28(23-11-4-2-5-12-23)24-13-6-3-7-14-24/h2-9,11-16,25,28H,10,17-22H2,1H3. The third-order valence-electron chi connectivity index (χ3n) is 7.17. The number of aromatic nitrogens is 2. The predicted octanol–water partition coefficient (Wildman–Crippen LogP) is 4.36. The SMILES string of the molecule is Cn1c(=O)c2ccccc2n(CCCN2CCC(OC(c3ccccc3)c3ccccc3)CC2)c1=O. The average Bonchev–Trinajstić information content (AvgIpc) is 2.94. The maximum atomic E-state index is 12.8. The van der Waals surface area contributed by atoms with Crippen LogP contribution in [0.25, 0.3) is 10.9 Å². The molecule has 6 nitrogen and oxygen atoms in total. The molecule has 4 aromatic rings. The van der Waals surface area contributed by atoms with Gasteiger partial charge in [0.05, 0.1) is 17.0 Å². The zero-order valence-electron chi connectivity index (χ0n) is 20.8. The van der Waals surface area contributed by atoms with Crippen molar-refractivity contribution in [3.8, 4) is 0 Å². The van der Waals surface area contributed by atoms with Gasteiger partial charge in [-0.05, 0) is 49.1 Å². The second-order valence-electron chi connectivity index (χ2n) is 9.55. The summed E-state index contributed by atoms with van der Waals surface area (Å²) in [6, 6.07) is 28.2. The fraction of sp³-hybridized carbons (Fsp3) is 0.333. The van der Waals surface area contributed by atoms with Crippen molar-refractivity contribution in [2.75, 3.05) is 19.6 Å². The Morgan fingerprint density at radius 1 is 0.806 bits per heavy atom. The molecule has 186 valence electrons. The van der Waals surface area contributed by atoms with Crippen LogP contribution in [0.2, 0.25) is 0 Å². The van der Waals surface area contributed by atoms with Crippen LogP contribution in [-0.4, -0.2) is 39.8 Å². The third-order valence-corrected chi connectivity index (χ3v) is 7.17. The Bertz CT molecular complexity index is 1370. The maximum Gasteiger partial charge on any atom is 0.331 e. The lowest BCUT2D eigenvalue weighted by Crippen LogP contribution is -2.40. The number of likely N-dealkylation sites (tertiary alicyclic amines) is 1. The van der Waals surface area contributed by atoms with Crippen LogP contribution in [0.5, 0.6) is 0 Å². The number of aryl methyl sites for hydroxylation is 1. The molecule has 0 atom stereocenters. The van der Waals surface area contributed by atoms with E-state index in [1.54, 1.807) is 17.7 Å². The van der Waals surface area contributed by atoms with E-state index in [0.29, 0.717) is 17.4 Å². The van der Waals surface area contributed by atoms with Crippen LogP contribution >= 0.6 is 0 Å². The van der Waals surface area contributed by atoms with E-state index < -0.39 is 0 Å². The highest BCUT2D eigenvalue weighted by Gasteiger charge is 2.24. The van der Waals surface area contributed by atoms with Crippen LogP contribution in [0, 0.1) is 0 Å². The number of fused-ring (bicyclic) bond motifs is 1. The van der Waals surface area contributed by atoms with E-state index in [1.807, 2.05) is 30.3 Å². The number of hydrogen-bond acceptors (Lipinski definition) is 4. The van der Waals surface area contributed by atoms with Crippen molar-refractivity contribution in [3.63, 3.8) is 0 Å². The molecule has 0 N–H and O–H groups in total. The summed E-state index contributed by atoms with van der Waals surface area (Å²) in [5.41, 5.74) is 2.59. The number of para-hydroxylation sites is 1. The van der Waals surface area contributed by atoms with E-state index in [1.165, 1.54) is 15.7 Å². The Hall–Kier alpha value is -3.48. The lowest BCUT2D eigenvalue weighted by Gasteiger charge is -2.34. The van der Waals surface area contributed by atoms with Gasteiger partial charge in [-0.2, -0.15) is 0 Å². The number of rotatable bonds is 8. The summed E-state index contributed by atoms with van der Waals surface area (Å²) in [5, 5.41) is 0.587. The second kappa shape index (κ2) is 11.1. The molecule has 1 aromatic heterocycles. The van der Waals surface area contributed by atoms with Gasteiger partial charge in [0.1, 0.15) is 6.10 Å². The summed E-state index contributed by atoms with van der Waals surface area (Å²) in [6.45, 7) is 3.46.